The third kappa shape index (κ3) is 62.6. The number of ether oxygens (including phenoxy) is 4. The zero-order chi connectivity index (χ0) is 64.2. The Morgan fingerprint density at radius 3 is 0.782 bits per heavy atom. The van der Waals surface area contributed by atoms with E-state index in [4.69, 9.17) is 37.0 Å². The van der Waals surface area contributed by atoms with E-state index in [0.717, 1.165) is 102 Å². The van der Waals surface area contributed by atoms with Gasteiger partial charge in [0.05, 0.1) is 26.4 Å². The minimum absolute atomic E-state index is 0.107. The van der Waals surface area contributed by atoms with Crippen LogP contribution < -0.4 is 0 Å². The number of hydrogen-bond acceptors (Lipinski definition) is 15. The first-order chi connectivity index (χ1) is 42.0. The Morgan fingerprint density at radius 2 is 0.529 bits per heavy atom. The number of carbonyl (C=O) groups excluding carboxylic acids is 4. The third-order valence-electron chi connectivity index (χ3n) is 15.8. The van der Waals surface area contributed by atoms with Gasteiger partial charge in [-0.05, 0) is 31.6 Å². The van der Waals surface area contributed by atoms with Crippen LogP contribution in [0, 0.1) is 5.92 Å². The van der Waals surface area contributed by atoms with Gasteiger partial charge in [0.25, 0.3) is 0 Å². The van der Waals surface area contributed by atoms with Crippen LogP contribution >= 0.6 is 15.6 Å². The zero-order valence-corrected chi connectivity index (χ0v) is 57.9. The molecule has 3 N–H and O–H groups in total. The molecule has 17 nitrogen and oxygen atoms in total. The number of phosphoric ester groups is 2. The van der Waals surface area contributed by atoms with Crippen molar-refractivity contribution in [2.24, 2.45) is 5.92 Å². The van der Waals surface area contributed by atoms with Gasteiger partial charge in [0.15, 0.2) is 12.2 Å². The number of hydrogen-bond donors (Lipinski definition) is 3. The molecule has 0 heterocycles. The monoisotopic (exact) mass is 1280 g/mol. The summed E-state index contributed by atoms with van der Waals surface area (Å²) in [7, 11) is -9.89. The second kappa shape index (κ2) is 61.6. The molecule has 0 rings (SSSR count). The van der Waals surface area contributed by atoms with Crippen molar-refractivity contribution in [3.63, 3.8) is 0 Å². The van der Waals surface area contributed by atoms with Crippen molar-refractivity contribution in [2.45, 2.75) is 368 Å². The number of phosphoric acid groups is 2. The fourth-order valence-corrected chi connectivity index (χ4v) is 11.9. The molecule has 516 valence electrons. The van der Waals surface area contributed by atoms with Crippen molar-refractivity contribution in [3.8, 4) is 0 Å². The van der Waals surface area contributed by atoms with Crippen LogP contribution in [-0.2, 0) is 65.4 Å². The molecule has 0 fully saturated rings. The molecule has 0 amide bonds. The summed E-state index contributed by atoms with van der Waals surface area (Å²) in [5.41, 5.74) is 0. The van der Waals surface area contributed by atoms with Gasteiger partial charge in [0.2, 0.25) is 0 Å². The SMILES string of the molecule is CCCCCCCCCCCCCCCCC(=O)O[C@H](COC(=O)CCCCCCCCCCCCC(C)C)COP(=O)(O)OC[C@@H](O)COP(=O)(O)OC[C@@H](COC(=O)CCCCCCCCCC)OC(=O)CCCCCCCCCCCCCC. The number of unbranched alkanes of at least 4 members (excludes halogenated alkanes) is 40. The van der Waals surface area contributed by atoms with Gasteiger partial charge in [-0.15, -0.1) is 0 Å². The summed E-state index contributed by atoms with van der Waals surface area (Å²) in [6, 6.07) is 0. The van der Waals surface area contributed by atoms with E-state index < -0.39 is 97.5 Å². The molecule has 0 aliphatic rings. The third-order valence-corrected chi connectivity index (χ3v) is 17.7. The second-order valence-corrected chi connectivity index (χ2v) is 27.9. The molecule has 2 unspecified atom stereocenters. The minimum Gasteiger partial charge on any atom is -0.462 e. The molecular weight excluding hydrogens is 1150 g/mol. The molecule has 5 atom stereocenters. The molecule has 0 bridgehead atoms. The van der Waals surface area contributed by atoms with Crippen molar-refractivity contribution >= 4 is 39.5 Å². The molecule has 0 aromatic rings. The molecule has 87 heavy (non-hydrogen) atoms. The van der Waals surface area contributed by atoms with E-state index in [9.17, 15) is 43.2 Å². The minimum atomic E-state index is -4.95. The van der Waals surface area contributed by atoms with Gasteiger partial charge in [-0.3, -0.25) is 37.3 Å². The maximum absolute atomic E-state index is 13.0. The molecule has 0 radical (unpaired) electrons. The number of carbonyl (C=O) groups is 4. The van der Waals surface area contributed by atoms with Gasteiger partial charge in [-0.2, -0.15) is 0 Å². The Morgan fingerprint density at radius 1 is 0.310 bits per heavy atom. The summed E-state index contributed by atoms with van der Waals surface area (Å²) >= 11 is 0. The number of esters is 4. The van der Waals surface area contributed by atoms with Crippen LogP contribution in [0.1, 0.15) is 349 Å². The van der Waals surface area contributed by atoms with Crippen LogP contribution in [0.25, 0.3) is 0 Å². The highest BCUT2D eigenvalue weighted by atomic mass is 31.2. The smallest absolute Gasteiger partial charge is 0.462 e. The fraction of sp³-hybridized carbons (Fsp3) is 0.941. The fourth-order valence-electron chi connectivity index (χ4n) is 10.3. The first-order valence-electron chi connectivity index (χ1n) is 35.6. The van der Waals surface area contributed by atoms with Crippen molar-refractivity contribution < 1.29 is 80.2 Å². The maximum Gasteiger partial charge on any atom is 0.472 e. The van der Waals surface area contributed by atoms with Crippen LogP contribution in [-0.4, -0.2) is 96.7 Å². The maximum atomic E-state index is 13.0. The molecule has 0 aromatic heterocycles. The quantitative estimate of drug-likeness (QED) is 0.0222. The Balaban J connectivity index is 5.23. The van der Waals surface area contributed by atoms with E-state index in [1.54, 1.807) is 0 Å². The lowest BCUT2D eigenvalue weighted by atomic mass is 10.0. The number of aliphatic hydroxyl groups excluding tert-OH is 1. The molecule has 0 aromatic carbocycles. The van der Waals surface area contributed by atoms with E-state index in [0.29, 0.717) is 25.7 Å². The van der Waals surface area contributed by atoms with E-state index in [1.807, 2.05) is 0 Å². The lowest BCUT2D eigenvalue weighted by molar-refractivity contribution is -0.161. The van der Waals surface area contributed by atoms with Crippen LogP contribution in [0.3, 0.4) is 0 Å². The first kappa shape index (κ1) is 85.1. The van der Waals surface area contributed by atoms with E-state index in [1.165, 1.54) is 167 Å². The van der Waals surface area contributed by atoms with E-state index in [2.05, 4.69) is 34.6 Å². The van der Waals surface area contributed by atoms with Crippen molar-refractivity contribution in [1.82, 2.24) is 0 Å². The highest BCUT2D eigenvalue weighted by molar-refractivity contribution is 7.47. The molecule has 0 saturated heterocycles. The molecule has 0 aliphatic heterocycles. The van der Waals surface area contributed by atoms with E-state index >= 15 is 0 Å². The zero-order valence-electron chi connectivity index (χ0n) is 56.2. The molecular formula is C68H132O17P2. The summed E-state index contributed by atoms with van der Waals surface area (Å²) in [6.07, 6.45) is 47.1. The summed E-state index contributed by atoms with van der Waals surface area (Å²) in [5.74, 6) is -1.37. The summed E-state index contributed by atoms with van der Waals surface area (Å²) in [6.45, 7) is 7.21. The number of rotatable bonds is 68. The van der Waals surface area contributed by atoms with Crippen LogP contribution in [0.5, 0.6) is 0 Å². The molecule has 0 aliphatic carbocycles. The molecule has 0 spiro atoms. The normalized spacial score (nSPS) is 14.1. The Hall–Kier alpha value is -1.94. The highest BCUT2D eigenvalue weighted by Gasteiger charge is 2.30. The van der Waals surface area contributed by atoms with Gasteiger partial charge >= 0.3 is 39.5 Å². The van der Waals surface area contributed by atoms with Gasteiger partial charge in [0, 0.05) is 25.7 Å². The van der Waals surface area contributed by atoms with Crippen molar-refractivity contribution in [3.05, 3.63) is 0 Å². The second-order valence-electron chi connectivity index (χ2n) is 25.0. The average molecular weight is 1280 g/mol. The average Bonchev–Trinajstić information content (AvgIpc) is 3.70. The Kier molecular flexibility index (Phi) is 60.2. The van der Waals surface area contributed by atoms with Gasteiger partial charge in [0.1, 0.15) is 19.3 Å². The van der Waals surface area contributed by atoms with Gasteiger partial charge in [-0.25, -0.2) is 9.13 Å². The van der Waals surface area contributed by atoms with Gasteiger partial charge < -0.3 is 33.8 Å². The molecule has 0 saturated carbocycles. The lowest BCUT2D eigenvalue weighted by Gasteiger charge is -2.21. The largest absolute Gasteiger partial charge is 0.472 e. The number of aliphatic hydroxyl groups is 1. The molecule has 19 heteroatoms. The van der Waals surface area contributed by atoms with Crippen LogP contribution in [0.4, 0.5) is 0 Å². The van der Waals surface area contributed by atoms with Crippen molar-refractivity contribution in [1.29, 1.82) is 0 Å². The van der Waals surface area contributed by atoms with Crippen LogP contribution in [0.2, 0.25) is 0 Å². The topological polar surface area (TPSA) is 237 Å². The van der Waals surface area contributed by atoms with E-state index in [-0.39, 0.29) is 25.7 Å². The summed E-state index contributed by atoms with van der Waals surface area (Å²) in [4.78, 5) is 72.4. The Bertz CT molecular complexity index is 1690. The predicted molar refractivity (Wildman–Crippen MR) is 349 cm³/mol. The van der Waals surface area contributed by atoms with Crippen molar-refractivity contribution in [2.75, 3.05) is 39.6 Å². The first-order valence-corrected chi connectivity index (χ1v) is 38.6. The summed E-state index contributed by atoms with van der Waals surface area (Å²) < 4.78 is 68.2. The van der Waals surface area contributed by atoms with Crippen LogP contribution in [0.15, 0.2) is 0 Å². The predicted octanol–water partition coefficient (Wildman–Crippen LogP) is 19.4. The highest BCUT2D eigenvalue weighted by Crippen LogP contribution is 2.45. The standard InChI is InChI=1S/C68H132O17P2/c1-6-9-12-15-18-21-23-25-26-28-34-39-44-49-54-68(73)85-64(58-79-66(71)52-47-42-37-32-30-29-31-35-40-45-50-61(4)5)60-83-87(76,77)81-56-62(69)55-80-86(74,75)82-59-63(57-78-65(70)51-46-41-36-20-17-14-11-8-3)84-67(72)53-48-43-38-33-27-24-22-19-16-13-10-7-2/h61-64,69H,6-60H2,1-5H3,(H,74,75)(H,76,77)/t62-,63+,64+/m0/s1. The lowest BCUT2D eigenvalue weighted by Crippen LogP contribution is -2.30. The van der Waals surface area contributed by atoms with Gasteiger partial charge in [-0.1, -0.05) is 298 Å². The Labute approximate surface area is 530 Å². The summed E-state index contributed by atoms with van der Waals surface area (Å²) in [5, 5.41) is 10.6.